The molecule has 0 aliphatic rings. The van der Waals surface area contributed by atoms with Crippen molar-refractivity contribution in [3.8, 4) is 0 Å². The maximum atomic E-state index is 13.0. The lowest BCUT2D eigenvalue weighted by molar-refractivity contribution is 0.561. The Balaban J connectivity index is 2.00. The standard InChI is InChI=1S/C14H14ClFN2/c1-10(12-6-13(16)9-17-7-12)18-8-11-4-2-3-5-14(11)15/h2-7,9-10,18H,8H2,1H3. The summed E-state index contributed by atoms with van der Waals surface area (Å²) in [4.78, 5) is 3.84. The average Bonchev–Trinajstić information content (AvgIpc) is 2.37. The number of hydrogen-bond acceptors (Lipinski definition) is 2. The number of nitrogens with zero attached hydrogens (tertiary/aromatic N) is 1. The van der Waals surface area contributed by atoms with Crippen LogP contribution in [0.15, 0.2) is 42.7 Å². The van der Waals surface area contributed by atoms with Crippen molar-refractivity contribution in [2.75, 3.05) is 0 Å². The van der Waals surface area contributed by atoms with Crippen molar-refractivity contribution in [2.45, 2.75) is 19.5 Å². The first-order valence-corrected chi connectivity index (χ1v) is 6.12. The molecule has 0 saturated carbocycles. The van der Waals surface area contributed by atoms with E-state index in [1.807, 2.05) is 31.2 Å². The van der Waals surface area contributed by atoms with Gasteiger partial charge in [-0.05, 0) is 30.2 Å². The smallest absolute Gasteiger partial charge is 0.141 e. The van der Waals surface area contributed by atoms with Gasteiger partial charge in [0.1, 0.15) is 5.82 Å². The summed E-state index contributed by atoms with van der Waals surface area (Å²) < 4.78 is 13.0. The van der Waals surface area contributed by atoms with Crippen LogP contribution in [0.4, 0.5) is 4.39 Å². The number of hydrogen-bond donors (Lipinski definition) is 1. The number of rotatable bonds is 4. The molecule has 0 bridgehead atoms. The largest absolute Gasteiger partial charge is 0.306 e. The average molecular weight is 265 g/mol. The van der Waals surface area contributed by atoms with Gasteiger partial charge in [-0.3, -0.25) is 4.98 Å². The van der Waals surface area contributed by atoms with Crippen LogP contribution in [0.5, 0.6) is 0 Å². The summed E-state index contributed by atoms with van der Waals surface area (Å²) in [5.41, 5.74) is 1.84. The van der Waals surface area contributed by atoms with Crippen LogP contribution < -0.4 is 5.32 Å². The third-order valence-electron chi connectivity index (χ3n) is 2.78. The molecule has 1 aromatic carbocycles. The highest BCUT2D eigenvalue weighted by Gasteiger charge is 2.07. The highest BCUT2D eigenvalue weighted by molar-refractivity contribution is 6.31. The fraction of sp³-hybridized carbons (Fsp3) is 0.214. The van der Waals surface area contributed by atoms with E-state index in [0.717, 1.165) is 16.1 Å². The predicted molar refractivity (Wildman–Crippen MR) is 70.9 cm³/mol. The van der Waals surface area contributed by atoms with Gasteiger partial charge in [0.25, 0.3) is 0 Å². The van der Waals surface area contributed by atoms with Crippen molar-refractivity contribution in [2.24, 2.45) is 0 Å². The van der Waals surface area contributed by atoms with Crippen LogP contribution in [0.25, 0.3) is 0 Å². The molecule has 18 heavy (non-hydrogen) atoms. The summed E-state index contributed by atoms with van der Waals surface area (Å²) in [5.74, 6) is -0.320. The quantitative estimate of drug-likeness (QED) is 0.910. The maximum Gasteiger partial charge on any atom is 0.141 e. The van der Waals surface area contributed by atoms with Gasteiger partial charge < -0.3 is 5.32 Å². The van der Waals surface area contributed by atoms with Crippen LogP contribution in [0, 0.1) is 5.82 Å². The van der Waals surface area contributed by atoms with Gasteiger partial charge in [0.2, 0.25) is 0 Å². The summed E-state index contributed by atoms with van der Waals surface area (Å²) in [7, 11) is 0. The minimum absolute atomic E-state index is 0.0180. The molecule has 1 atom stereocenters. The molecule has 1 heterocycles. The molecule has 0 amide bonds. The van der Waals surface area contributed by atoms with E-state index in [1.54, 1.807) is 6.20 Å². The topological polar surface area (TPSA) is 24.9 Å². The van der Waals surface area contributed by atoms with Crippen molar-refractivity contribution in [1.82, 2.24) is 10.3 Å². The first-order chi connectivity index (χ1) is 8.66. The third-order valence-corrected chi connectivity index (χ3v) is 3.15. The summed E-state index contributed by atoms with van der Waals surface area (Å²) in [6, 6.07) is 9.16. The van der Waals surface area contributed by atoms with Crippen LogP contribution in [-0.4, -0.2) is 4.98 Å². The Morgan fingerprint density at radius 3 is 2.83 bits per heavy atom. The zero-order chi connectivity index (χ0) is 13.0. The van der Waals surface area contributed by atoms with Gasteiger partial charge in [-0.25, -0.2) is 4.39 Å². The molecule has 2 rings (SSSR count). The van der Waals surface area contributed by atoms with Crippen molar-refractivity contribution < 1.29 is 4.39 Å². The van der Waals surface area contributed by atoms with Crippen molar-refractivity contribution in [1.29, 1.82) is 0 Å². The zero-order valence-corrected chi connectivity index (χ0v) is 10.8. The highest BCUT2D eigenvalue weighted by atomic mass is 35.5. The minimum atomic E-state index is -0.320. The van der Waals surface area contributed by atoms with E-state index >= 15 is 0 Å². The van der Waals surface area contributed by atoms with E-state index < -0.39 is 0 Å². The molecule has 1 N–H and O–H groups in total. The van der Waals surface area contributed by atoms with Crippen LogP contribution in [0.1, 0.15) is 24.1 Å². The first-order valence-electron chi connectivity index (χ1n) is 5.74. The fourth-order valence-corrected chi connectivity index (χ4v) is 1.89. The molecule has 2 nitrogen and oxygen atoms in total. The van der Waals surface area contributed by atoms with E-state index in [2.05, 4.69) is 10.3 Å². The fourth-order valence-electron chi connectivity index (χ4n) is 1.69. The Hall–Kier alpha value is -1.45. The zero-order valence-electron chi connectivity index (χ0n) is 10.0. The molecule has 0 aliphatic carbocycles. The second-order valence-electron chi connectivity index (χ2n) is 4.13. The third kappa shape index (κ3) is 3.28. The Kier molecular flexibility index (Phi) is 4.28. The van der Waals surface area contributed by atoms with E-state index in [1.165, 1.54) is 12.3 Å². The van der Waals surface area contributed by atoms with E-state index in [4.69, 9.17) is 11.6 Å². The van der Waals surface area contributed by atoms with Crippen molar-refractivity contribution in [3.05, 3.63) is 64.7 Å². The molecule has 94 valence electrons. The molecular weight excluding hydrogens is 251 g/mol. The van der Waals surface area contributed by atoms with Gasteiger partial charge in [0.05, 0.1) is 6.20 Å². The maximum absolute atomic E-state index is 13.0. The first kappa shape index (κ1) is 13.0. The van der Waals surface area contributed by atoms with Gasteiger partial charge >= 0.3 is 0 Å². The molecule has 4 heteroatoms. The van der Waals surface area contributed by atoms with Gasteiger partial charge in [0.15, 0.2) is 0 Å². The second-order valence-corrected chi connectivity index (χ2v) is 4.54. The number of aromatic nitrogens is 1. The molecule has 1 aromatic heterocycles. The van der Waals surface area contributed by atoms with Crippen LogP contribution in [0.2, 0.25) is 5.02 Å². The highest BCUT2D eigenvalue weighted by Crippen LogP contribution is 2.17. The Labute approximate surface area is 111 Å². The van der Waals surface area contributed by atoms with E-state index in [0.29, 0.717) is 6.54 Å². The lowest BCUT2D eigenvalue weighted by atomic mass is 10.1. The van der Waals surface area contributed by atoms with Crippen molar-refractivity contribution >= 4 is 11.6 Å². The Morgan fingerprint density at radius 2 is 2.11 bits per heavy atom. The van der Waals surface area contributed by atoms with Gasteiger partial charge in [-0.15, -0.1) is 0 Å². The Morgan fingerprint density at radius 1 is 1.33 bits per heavy atom. The number of benzene rings is 1. The van der Waals surface area contributed by atoms with Crippen LogP contribution in [-0.2, 0) is 6.54 Å². The number of halogens is 2. The van der Waals surface area contributed by atoms with Gasteiger partial charge in [0, 0.05) is 23.8 Å². The summed E-state index contributed by atoms with van der Waals surface area (Å²) in [5, 5.41) is 4.02. The summed E-state index contributed by atoms with van der Waals surface area (Å²) in [6.07, 6.45) is 2.86. The minimum Gasteiger partial charge on any atom is -0.306 e. The summed E-state index contributed by atoms with van der Waals surface area (Å²) >= 11 is 6.07. The molecule has 0 spiro atoms. The molecule has 2 aromatic rings. The molecule has 0 fully saturated rings. The van der Waals surface area contributed by atoms with E-state index in [-0.39, 0.29) is 11.9 Å². The SMILES string of the molecule is CC(NCc1ccccc1Cl)c1cncc(F)c1. The monoisotopic (exact) mass is 264 g/mol. The number of nitrogens with one attached hydrogen (secondary N) is 1. The van der Waals surface area contributed by atoms with Crippen LogP contribution in [0.3, 0.4) is 0 Å². The second kappa shape index (κ2) is 5.94. The lowest BCUT2D eigenvalue weighted by Crippen LogP contribution is -2.18. The Bertz CT molecular complexity index is 531. The van der Waals surface area contributed by atoms with Crippen molar-refractivity contribution in [3.63, 3.8) is 0 Å². The molecule has 0 radical (unpaired) electrons. The van der Waals surface area contributed by atoms with E-state index in [9.17, 15) is 4.39 Å². The molecule has 0 aliphatic heterocycles. The number of pyridine rings is 1. The van der Waals surface area contributed by atoms with Gasteiger partial charge in [-0.1, -0.05) is 29.8 Å². The summed E-state index contributed by atoms with van der Waals surface area (Å²) in [6.45, 7) is 2.60. The predicted octanol–water partition coefficient (Wildman–Crippen LogP) is 3.72. The molecule has 1 unspecified atom stereocenters. The lowest BCUT2D eigenvalue weighted by Gasteiger charge is -2.14. The van der Waals surface area contributed by atoms with Gasteiger partial charge in [-0.2, -0.15) is 0 Å². The molecule has 0 saturated heterocycles. The van der Waals surface area contributed by atoms with Crippen LogP contribution >= 0.6 is 11.6 Å². The normalized spacial score (nSPS) is 12.4. The molecular formula is C14H14ClFN2.